The van der Waals surface area contributed by atoms with Crippen LogP contribution in [0.25, 0.3) is 11.1 Å². The monoisotopic (exact) mass is 463 g/mol. The van der Waals surface area contributed by atoms with Crippen LogP contribution in [-0.4, -0.2) is 36.4 Å². The number of ether oxygens (including phenoxy) is 2. The first-order valence-electron chi connectivity index (χ1n) is 10.8. The first kappa shape index (κ1) is 21.3. The molecule has 1 aliphatic heterocycles. The van der Waals surface area contributed by atoms with Gasteiger partial charge in [-0.15, -0.1) is 0 Å². The standard InChI is InChI=1S/C26H22ClNO5/c27-17-11-15-9-10-32-24(15)16(12-17)13-23(25(29)30)28-26(31)33-14-22-20-7-3-1-5-18(20)19-6-2-4-8-21(19)22/h1-8,11-12,22-23H,9-10,13-14H2,(H,28,31)(H,29,30). The molecule has 5 rings (SSSR count). The van der Waals surface area contributed by atoms with E-state index < -0.39 is 18.1 Å². The second-order valence-corrected chi connectivity index (χ2v) is 8.65. The molecule has 168 valence electrons. The van der Waals surface area contributed by atoms with Crippen molar-refractivity contribution in [1.82, 2.24) is 5.32 Å². The molecule has 33 heavy (non-hydrogen) atoms. The van der Waals surface area contributed by atoms with Crippen molar-refractivity contribution in [1.29, 1.82) is 0 Å². The number of rotatable bonds is 6. The third kappa shape index (κ3) is 4.14. The predicted octanol–water partition coefficient (Wildman–Crippen LogP) is 4.81. The van der Waals surface area contributed by atoms with E-state index in [1.807, 2.05) is 42.5 Å². The largest absolute Gasteiger partial charge is 0.493 e. The average Bonchev–Trinajstić information content (AvgIpc) is 3.40. The molecule has 0 saturated heterocycles. The molecule has 0 radical (unpaired) electrons. The molecular formula is C26H22ClNO5. The van der Waals surface area contributed by atoms with Gasteiger partial charge >= 0.3 is 12.1 Å². The predicted molar refractivity (Wildman–Crippen MR) is 124 cm³/mol. The van der Waals surface area contributed by atoms with Crippen molar-refractivity contribution in [3.63, 3.8) is 0 Å². The Morgan fingerprint density at radius 2 is 1.76 bits per heavy atom. The third-order valence-corrected chi connectivity index (χ3v) is 6.40. The lowest BCUT2D eigenvalue weighted by Crippen LogP contribution is -2.43. The lowest BCUT2D eigenvalue weighted by Gasteiger charge is -2.18. The Kier molecular flexibility index (Phi) is 5.68. The second-order valence-electron chi connectivity index (χ2n) is 8.22. The molecule has 7 heteroatoms. The van der Waals surface area contributed by atoms with Crippen molar-refractivity contribution in [3.8, 4) is 16.9 Å². The van der Waals surface area contributed by atoms with Crippen LogP contribution in [0.3, 0.4) is 0 Å². The minimum absolute atomic E-state index is 0.0441. The van der Waals surface area contributed by atoms with E-state index in [1.165, 1.54) is 0 Å². The Labute approximate surface area is 196 Å². The zero-order valence-corrected chi connectivity index (χ0v) is 18.5. The Morgan fingerprint density at radius 3 is 2.42 bits per heavy atom. The van der Waals surface area contributed by atoms with E-state index in [1.54, 1.807) is 6.07 Å². The van der Waals surface area contributed by atoms with Crippen LogP contribution in [-0.2, 0) is 22.4 Å². The van der Waals surface area contributed by atoms with Gasteiger partial charge in [-0.1, -0.05) is 60.1 Å². The minimum atomic E-state index is -1.17. The normalized spacial score (nSPS) is 14.6. The summed E-state index contributed by atoms with van der Waals surface area (Å²) in [6.07, 6.45) is -0.00748. The highest BCUT2D eigenvalue weighted by Crippen LogP contribution is 2.44. The quantitative estimate of drug-likeness (QED) is 0.548. The molecule has 1 heterocycles. The van der Waals surface area contributed by atoms with E-state index in [4.69, 9.17) is 21.1 Å². The number of hydrogen-bond acceptors (Lipinski definition) is 4. The fraction of sp³-hybridized carbons (Fsp3) is 0.231. The van der Waals surface area contributed by atoms with E-state index in [0.29, 0.717) is 22.9 Å². The van der Waals surface area contributed by atoms with Crippen LogP contribution >= 0.6 is 11.6 Å². The van der Waals surface area contributed by atoms with E-state index in [9.17, 15) is 14.7 Å². The molecule has 6 nitrogen and oxygen atoms in total. The summed E-state index contributed by atoms with van der Waals surface area (Å²) in [6.45, 7) is 0.641. The number of alkyl carbamates (subject to hydrolysis) is 1. The lowest BCUT2D eigenvalue weighted by atomic mass is 9.98. The van der Waals surface area contributed by atoms with Gasteiger partial charge in [0.15, 0.2) is 0 Å². The summed E-state index contributed by atoms with van der Waals surface area (Å²) < 4.78 is 11.2. The molecular weight excluding hydrogens is 442 g/mol. The fourth-order valence-electron chi connectivity index (χ4n) is 4.70. The summed E-state index contributed by atoms with van der Waals surface area (Å²) in [5, 5.41) is 12.7. The van der Waals surface area contributed by atoms with Crippen LogP contribution in [0.4, 0.5) is 4.79 Å². The highest BCUT2D eigenvalue weighted by atomic mass is 35.5. The van der Waals surface area contributed by atoms with Crippen LogP contribution in [0.5, 0.6) is 5.75 Å². The summed E-state index contributed by atoms with van der Waals surface area (Å²) >= 11 is 6.19. The maximum Gasteiger partial charge on any atom is 0.407 e. The summed E-state index contributed by atoms with van der Waals surface area (Å²) in [4.78, 5) is 24.4. The van der Waals surface area contributed by atoms with Crippen molar-refractivity contribution in [2.45, 2.75) is 24.8 Å². The molecule has 0 aromatic heterocycles. The van der Waals surface area contributed by atoms with Crippen LogP contribution in [0.15, 0.2) is 60.7 Å². The molecule has 1 aliphatic carbocycles. The van der Waals surface area contributed by atoms with Gasteiger partial charge in [-0.25, -0.2) is 9.59 Å². The van der Waals surface area contributed by atoms with E-state index in [0.717, 1.165) is 34.2 Å². The van der Waals surface area contributed by atoms with Crippen molar-refractivity contribution in [2.75, 3.05) is 13.2 Å². The molecule has 0 saturated carbocycles. The topological polar surface area (TPSA) is 84.9 Å². The van der Waals surface area contributed by atoms with Gasteiger partial charge in [0.1, 0.15) is 18.4 Å². The molecule has 1 unspecified atom stereocenters. The maximum absolute atomic E-state index is 12.6. The molecule has 1 atom stereocenters. The van der Waals surface area contributed by atoms with Gasteiger partial charge in [-0.3, -0.25) is 0 Å². The highest BCUT2D eigenvalue weighted by Gasteiger charge is 2.30. The average molecular weight is 464 g/mol. The van der Waals surface area contributed by atoms with Crippen LogP contribution in [0, 0.1) is 0 Å². The number of amides is 1. The second kappa shape index (κ2) is 8.79. The summed E-state index contributed by atoms with van der Waals surface area (Å²) in [5.41, 5.74) is 6.03. The van der Waals surface area contributed by atoms with Gasteiger partial charge in [0.2, 0.25) is 0 Å². The fourth-order valence-corrected chi connectivity index (χ4v) is 4.96. The zero-order valence-electron chi connectivity index (χ0n) is 17.7. The Hall–Kier alpha value is -3.51. The molecule has 3 aromatic carbocycles. The Morgan fingerprint density at radius 1 is 1.09 bits per heavy atom. The van der Waals surface area contributed by atoms with Crippen molar-refractivity contribution in [3.05, 3.63) is 87.9 Å². The smallest absolute Gasteiger partial charge is 0.407 e. The highest BCUT2D eigenvalue weighted by molar-refractivity contribution is 6.30. The van der Waals surface area contributed by atoms with Gasteiger partial charge in [0.25, 0.3) is 0 Å². The number of halogens is 1. The van der Waals surface area contributed by atoms with Gasteiger partial charge in [-0.05, 0) is 45.5 Å². The number of aliphatic carboxylic acids is 1. The Balaban J connectivity index is 1.28. The van der Waals surface area contributed by atoms with Crippen molar-refractivity contribution < 1.29 is 24.2 Å². The molecule has 2 aliphatic rings. The number of benzene rings is 3. The van der Waals surface area contributed by atoms with Crippen molar-refractivity contribution >= 4 is 23.7 Å². The summed E-state index contributed by atoms with van der Waals surface area (Å²) in [5.74, 6) is -0.605. The minimum Gasteiger partial charge on any atom is -0.493 e. The SMILES string of the molecule is O=C(NC(Cc1cc(Cl)cc2c1OCC2)C(=O)O)OCC1c2ccccc2-c2ccccc21. The third-order valence-electron chi connectivity index (χ3n) is 6.18. The van der Waals surface area contributed by atoms with E-state index in [-0.39, 0.29) is 18.9 Å². The molecule has 0 fully saturated rings. The van der Waals surface area contributed by atoms with Gasteiger partial charge in [0, 0.05) is 23.8 Å². The number of hydrogen-bond donors (Lipinski definition) is 2. The van der Waals surface area contributed by atoms with Crippen LogP contribution in [0.2, 0.25) is 5.02 Å². The first-order valence-corrected chi connectivity index (χ1v) is 11.2. The number of nitrogens with one attached hydrogen (secondary N) is 1. The van der Waals surface area contributed by atoms with Gasteiger partial charge in [0.05, 0.1) is 6.61 Å². The number of carboxylic acids is 1. The van der Waals surface area contributed by atoms with Crippen LogP contribution in [0.1, 0.15) is 28.2 Å². The number of carbonyl (C=O) groups is 2. The number of fused-ring (bicyclic) bond motifs is 4. The molecule has 0 bridgehead atoms. The molecule has 1 amide bonds. The summed E-state index contributed by atoms with van der Waals surface area (Å²) in [7, 11) is 0. The van der Waals surface area contributed by atoms with Gasteiger partial charge < -0.3 is 19.9 Å². The molecule has 0 spiro atoms. The summed E-state index contributed by atoms with van der Waals surface area (Å²) in [6, 6.07) is 18.4. The lowest BCUT2D eigenvalue weighted by molar-refractivity contribution is -0.139. The maximum atomic E-state index is 12.6. The zero-order chi connectivity index (χ0) is 22.9. The van der Waals surface area contributed by atoms with Gasteiger partial charge in [-0.2, -0.15) is 0 Å². The van der Waals surface area contributed by atoms with Crippen molar-refractivity contribution in [2.24, 2.45) is 0 Å². The molecule has 2 N–H and O–H groups in total. The number of carboxylic acid groups (broad SMARTS) is 1. The van der Waals surface area contributed by atoms with Crippen LogP contribution < -0.4 is 10.1 Å². The Bertz CT molecular complexity index is 1200. The first-order chi connectivity index (χ1) is 16.0. The molecule has 3 aromatic rings. The van der Waals surface area contributed by atoms with E-state index in [2.05, 4.69) is 17.4 Å². The number of carbonyl (C=O) groups excluding carboxylic acids is 1. The van der Waals surface area contributed by atoms with E-state index >= 15 is 0 Å².